The first-order valence-corrected chi connectivity index (χ1v) is 7.39. The van der Waals surface area contributed by atoms with E-state index in [1.807, 2.05) is 24.3 Å². The van der Waals surface area contributed by atoms with E-state index >= 15 is 0 Å². The molecule has 104 valence electrons. The highest BCUT2D eigenvalue weighted by atomic mass is 32.2. The molecule has 0 radical (unpaired) electrons. The molecule has 0 unspecified atom stereocenters. The quantitative estimate of drug-likeness (QED) is 0.640. The Balaban J connectivity index is 1.99. The van der Waals surface area contributed by atoms with Gasteiger partial charge in [-0.2, -0.15) is 4.98 Å². The SMILES string of the molecule is CN1CCC[N+](C)=C1Sc1nc(O)c2ccccc2n1. The van der Waals surface area contributed by atoms with Crippen molar-refractivity contribution < 1.29 is 9.68 Å². The molecule has 0 saturated carbocycles. The number of hydrogen-bond acceptors (Lipinski definition) is 5. The molecule has 20 heavy (non-hydrogen) atoms. The lowest BCUT2D eigenvalue weighted by atomic mass is 10.2. The van der Waals surface area contributed by atoms with E-state index in [1.54, 1.807) is 0 Å². The highest BCUT2D eigenvalue weighted by molar-refractivity contribution is 8.13. The Morgan fingerprint density at radius 2 is 2.10 bits per heavy atom. The number of fused-ring (bicyclic) bond motifs is 1. The van der Waals surface area contributed by atoms with Crippen LogP contribution in [0.4, 0.5) is 0 Å². The van der Waals surface area contributed by atoms with E-state index in [0.29, 0.717) is 10.5 Å². The largest absolute Gasteiger partial charge is 0.493 e. The third kappa shape index (κ3) is 2.43. The van der Waals surface area contributed by atoms with Crippen molar-refractivity contribution in [3.8, 4) is 5.88 Å². The summed E-state index contributed by atoms with van der Waals surface area (Å²) in [7, 11) is 4.14. The molecule has 5 nitrogen and oxygen atoms in total. The van der Waals surface area contributed by atoms with Crippen molar-refractivity contribution in [3.05, 3.63) is 24.3 Å². The molecule has 0 fully saturated rings. The molecule has 0 spiro atoms. The fourth-order valence-electron chi connectivity index (χ4n) is 2.35. The summed E-state index contributed by atoms with van der Waals surface area (Å²) in [6.45, 7) is 2.07. The van der Waals surface area contributed by atoms with Crippen molar-refractivity contribution in [1.82, 2.24) is 14.9 Å². The number of amidine groups is 1. The molecule has 6 heteroatoms. The van der Waals surface area contributed by atoms with Gasteiger partial charge in [-0.25, -0.2) is 4.98 Å². The standard InChI is InChI=1S/C14H16N4OS/c1-17-8-5-9-18(2)14(17)20-13-15-11-7-4-3-6-10(11)12(19)16-13/h3-4,6-7H,5,8-9H2,1-2H3/p+1. The minimum absolute atomic E-state index is 0.0415. The Kier molecular flexibility index (Phi) is 3.48. The molecule has 1 aromatic carbocycles. The van der Waals surface area contributed by atoms with Crippen LogP contribution in [0.3, 0.4) is 0 Å². The molecule has 2 heterocycles. The van der Waals surface area contributed by atoms with Crippen molar-refractivity contribution in [2.24, 2.45) is 0 Å². The molecule has 0 atom stereocenters. The van der Waals surface area contributed by atoms with Crippen LogP contribution in [0, 0.1) is 0 Å². The zero-order chi connectivity index (χ0) is 14.1. The van der Waals surface area contributed by atoms with Gasteiger partial charge in [0.05, 0.1) is 38.1 Å². The Labute approximate surface area is 122 Å². The molecular formula is C14H17N4OS+. The van der Waals surface area contributed by atoms with E-state index in [4.69, 9.17) is 0 Å². The highest BCUT2D eigenvalue weighted by Crippen LogP contribution is 2.26. The maximum absolute atomic E-state index is 10.0. The second-order valence-corrected chi connectivity index (χ2v) is 5.86. The minimum Gasteiger partial charge on any atom is -0.493 e. The molecule has 0 amide bonds. The van der Waals surface area contributed by atoms with Gasteiger partial charge < -0.3 is 5.11 Å². The van der Waals surface area contributed by atoms with Crippen LogP contribution in [0.15, 0.2) is 29.4 Å². The van der Waals surface area contributed by atoms with Crippen LogP contribution in [-0.4, -0.2) is 56.9 Å². The number of para-hydroxylation sites is 1. The van der Waals surface area contributed by atoms with Gasteiger partial charge in [0.25, 0.3) is 0 Å². The zero-order valence-corrected chi connectivity index (χ0v) is 12.4. The van der Waals surface area contributed by atoms with Crippen molar-refractivity contribution in [3.63, 3.8) is 0 Å². The average molecular weight is 289 g/mol. The fraction of sp³-hybridized carbons (Fsp3) is 0.357. The number of hydrogen-bond donors (Lipinski definition) is 1. The zero-order valence-electron chi connectivity index (χ0n) is 11.6. The summed E-state index contributed by atoms with van der Waals surface area (Å²) in [6.07, 6.45) is 1.15. The van der Waals surface area contributed by atoms with E-state index < -0.39 is 0 Å². The lowest BCUT2D eigenvalue weighted by Gasteiger charge is -2.20. The molecule has 3 rings (SSSR count). The first-order valence-electron chi connectivity index (χ1n) is 6.58. The number of aromatic hydroxyl groups is 1. The topological polar surface area (TPSA) is 52.3 Å². The molecule has 1 aromatic heterocycles. The summed E-state index contributed by atoms with van der Waals surface area (Å²) in [5.74, 6) is 0.0415. The molecule has 0 saturated heterocycles. The number of thioether (sulfide) groups is 1. The number of rotatable bonds is 1. The fourth-order valence-corrected chi connectivity index (χ4v) is 3.28. The van der Waals surface area contributed by atoms with Gasteiger partial charge in [-0.1, -0.05) is 12.1 Å². The van der Waals surface area contributed by atoms with E-state index in [1.165, 1.54) is 11.8 Å². The maximum Gasteiger partial charge on any atom is 0.315 e. The van der Waals surface area contributed by atoms with Crippen LogP contribution >= 0.6 is 11.8 Å². The van der Waals surface area contributed by atoms with Crippen LogP contribution < -0.4 is 0 Å². The van der Waals surface area contributed by atoms with Crippen molar-refractivity contribution >= 4 is 27.8 Å². The average Bonchev–Trinajstić information content (AvgIpc) is 2.43. The summed E-state index contributed by atoms with van der Waals surface area (Å²) >= 11 is 1.50. The van der Waals surface area contributed by atoms with Crippen molar-refractivity contribution in [1.29, 1.82) is 0 Å². The summed E-state index contributed by atoms with van der Waals surface area (Å²) in [5, 5.41) is 12.4. The lowest BCUT2D eigenvalue weighted by Crippen LogP contribution is -2.38. The predicted octanol–water partition coefficient (Wildman–Crippen LogP) is 1.76. The van der Waals surface area contributed by atoms with E-state index in [0.717, 1.165) is 30.2 Å². The van der Waals surface area contributed by atoms with Gasteiger partial charge in [-0.15, -0.1) is 0 Å². The monoisotopic (exact) mass is 289 g/mol. The normalized spacial score (nSPS) is 16.0. The number of nitrogens with zero attached hydrogens (tertiary/aromatic N) is 4. The van der Waals surface area contributed by atoms with Gasteiger partial charge in [-0.05, 0) is 12.1 Å². The molecule has 1 aliphatic rings. The summed E-state index contributed by atoms with van der Waals surface area (Å²) < 4.78 is 2.20. The van der Waals surface area contributed by atoms with Crippen molar-refractivity contribution in [2.45, 2.75) is 11.6 Å². The van der Waals surface area contributed by atoms with Gasteiger partial charge in [0.2, 0.25) is 11.0 Å². The summed E-state index contributed by atoms with van der Waals surface area (Å²) in [4.78, 5) is 10.9. The Bertz CT molecular complexity index is 686. The van der Waals surface area contributed by atoms with Gasteiger partial charge in [0.15, 0.2) is 0 Å². The molecule has 0 bridgehead atoms. The molecule has 1 aliphatic heterocycles. The van der Waals surface area contributed by atoms with Crippen LogP contribution in [0.2, 0.25) is 0 Å². The first kappa shape index (κ1) is 13.2. The minimum atomic E-state index is 0.0415. The van der Waals surface area contributed by atoms with Gasteiger partial charge >= 0.3 is 5.17 Å². The highest BCUT2D eigenvalue weighted by Gasteiger charge is 2.25. The van der Waals surface area contributed by atoms with Crippen LogP contribution in [0.25, 0.3) is 10.9 Å². The molecule has 1 N–H and O–H groups in total. The van der Waals surface area contributed by atoms with E-state index in [2.05, 4.69) is 33.5 Å². The van der Waals surface area contributed by atoms with Gasteiger partial charge in [-0.3, -0.25) is 9.48 Å². The Morgan fingerprint density at radius 1 is 1.30 bits per heavy atom. The van der Waals surface area contributed by atoms with E-state index in [9.17, 15) is 5.11 Å². The third-order valence-electron chi connectivity index (χ3n) is 3.39. The predicted molar refractivity (Wildman–Crippen MR) is 80.4 cm³/mol. The summed E-state index contributed by atoms with van der Waals surface area (Å²) in [6, 6.07) is 7.50. The molecule has 2 aromatic rings. The second kappa shape index (κ2) is 5.28. The molecular weight excluding hydrogens is 272 g/mol. The van der Waals surface area contributed by atoms with Gasteiger partial charge in [0, 0.05) is 18.2 Å². The smallest absolute Gasteiger partial charge is 0.315 e. The first-order chi connectivity index (χ1) is 9.65. The van der Waals surface area contributed by atoms with Crippen LogP contribution in [0.1, 0.15) is 6.42 Å². The van der Waals surface area contributed by atoms with Crippen LogP contribution in [0.5, 0.6) is 5.88 Å². The van der Waals surface area contributed by atoms with Crippen molar-refractivity contribution in [2.75, 3.05) is 27.2 Å². The second-order valence-electron chi connectivity index (χ2n) is 4.93. The Morgan fingerprint density at radius 3 is 2.90 bits per heavy atom. The molecule has 0 aliphatic carbocycles. The van der Waals surface area contributed by atoms with Gasteiger partial charge in [0.1, 0.15) is 0 Å². The lowest BCUT2D eigenvalue weighted by molar-refractivity contribution is -0.505. The number of benzene rings is 1. The maximum atomic E-state index is 10.0. The summed E-state index contributed by atoms with van der Waals surface area (Å²) in [5.41, 5.74) is 0.768. The number of aromatic nitrogens is 2. The third-order valence-corrected chi connectivity index (χ3v) is 4.56. The Hall–Kier alpha value is -1.82. The van der Waals surface area contributed by atoms with Crippen LogP contribution in [-0.2, 0) is 0 Å². The van der Waals surface area contributed by atoms with E-state index in [-0.39, 0.29) is 5.88 Å².